The van der Waals surface area contributed by atoms with Gasteiger partial charge in [0.25, 0.3) is 0 Å². The highest BCUT2D eigenvalue weighted by molar-refractivity contribution is 6.10. The van der Waals surface area contributed by atoms with Gasteiger partial charge >= 0.3 is 0 Å². The van der Waals surface area contributed by atoms with Gasteiger partial charge in [0.2, 0.25) is 0 Å². The summed E-state index contributed by atoms with van der Waals surface area (Å²) in [5.74, 6) is 0. The molecular weight excluding hydrogens is 364 g/mol. The van der Waals surface area contributed by atoms with E-state index < -0.39 is 11.8 Å². The summed E-state index contributed by atoms with van der Waals surface area (Å²) in [5.41, 5.74) is 5.35. The van der Waals surface area contributed by atoms with Crippen molar-refractivity contribution >= 4 is 21.8 Å². The van der Waals surface area contributed by atoms with Crippen molar-refractivity contribution in [1.82, 2.24) is 9.55 Å². The fraction of sp³-hybridized carbons (Fsp3) is 0.179. The molecule has 0 aliphatic heterocycles. The lowest BCUT2D eigenvalue weighted by molar-refractivity contribution is 0.411. The lowest BCUT2D eigenvalue weighted by atomic mass is 9.88. The van der Waals surface area contributed by atoms with Crippen molar-refractivity contribution < 1.29 is 2.74 Å². The van der Waals surface area contributed by atoms with Gasteiger partial charge in [0.1, 0.15) is 0 Å². The second kappa shape index (κ2) is 7.14. The molecule has 0 bridgehead atoms. The minimum atomic E-state index is -1.46. The summed E-state index contributed by atoms with van der Waals surface area (Å²) >= 11 is 0. The minimum absolute atomic E-state index is 0.515. The van der Waals surface area contributed by atoms with Crippen LogP contribution in [0.4, 0.5) is 0 Å². The Hall–Kier alpha value is -3.39. The van der Waals surface area contributed by atoms with Gasteiger partial charge in [0.05, 0.1) is 16.7 Å². The van der Waals surface area contributed by atoms with Crippen molar-refractivity contribution in [2.75, 3.05) is 0 Å². The number of fused-ring (bicyclic) bond motifs is 3. The zero-order valence-electron chi connectivity index (χ0n) is 19.6. The van der Waals surface area contributed by atoms with Crippen LogP contribution >= 0.6 is 0 Å². The first-order valence-electron chi connectivity index (χ1n) is 11.3. The second-order valence-corrected chi connectivity index (χ2v) is 8.72. The average molecular weight is 393 g/mol. The Morgan fingerprint density at radius 3 is 2.33 bits per heavy atom. The molecule has 0 saturated carbocycles. The van der Waals surface area contributed by atoms with Gasteiger partial charge in [-0.05, 0) is 59.8 Å². The Morgan fingerprint density at radius 1 is 0.800 bits per heavy atom. The molecule has 0 N–H and O–H groups in total. The van der Waals surface area contributed by atoms with Gasteiger partial charge in [-0.2, -0.15) is 0 Å². The predicted octanol–water partition coefficient (Wildman–Crippen LogP) is 7.43. The van der Waals surface area contributed by atoms with E-state index in [4.69, 9.17) is 2.74 Å². The molecule has 30 heavy (non-hydrogen) atoms. The third-order valence-electron chi connectivity index (χ3n) is 5.26. The number of pyridine rings is 1. The van der Waals surface area contributed by atoms with E-state index in [1.807, 2.05) is 32.9 Å². The number of nitrogens with zero attached hydrogens (tertiary/aromatic N) is 2. The molecule has 0 aliphatic carbocycles. The van der Waals surface area contributed by atoms with E-state index in [0.717, 1.165) is 33.4 Å². The highest BCUT2D eigenvalue weighted by atomic mass is 15.0. The molecular formula is C28H26N2. The van der Waals surface area contributed by atoms with Gasteiger partial charge in [-0.15, -0.1) is 0 Å². The molecule has 0 atom stereocenters. The summed E-state index contributed by atoms with van der Waals surface area (Å²) in [6.07, 6.45) is 0.254. The van der Waals surface area contributed by atoms with Gasteiger partial charge in [0, 0.05) is 31.0 Å². The van der Waals surface area contributed by atoms with Crippen LogP contribution in [0.3, 0.4) is 0 Å². The van der Waals surface area contributed by atoms with E-state index >= 15 is 0 Å². The normalized spacial score (nSPS) is 13.4. The SMILES string of the molecule is [2H]C([2H])(c1ccnc(-c2ccc3c(c2)c2ccccc2n3-c2ccccc2)c1)C(C)(C)C. The lowest BCUT2D eigenvalue weighted by Crippen LogP contribution is -2.09. The summed E-state index contributed by atoms with van der Waals surface area (Å²) in [6.45, 7) is 5.78. The maximum absolute atomic E-state index is 8.65. The topological polar surface area (TPSA) is 17.8 Å². The zero-order chi connectivity index (χ0) is 22.5. The summed E-state index contributed by atoms with van der Waals surface area (Å²) in [6, 6.07) is 28.9. The number of aromatic nitrogens is 2. The van der Waals surface area contributed by atoms with E-state index in [9.17, 15) is 0 Å². The van der Waals surface area contributed by atoms with E-state index in [1.54, 1.807) is 12.3 Å². The predicted molar refractivity (Wildman–Crippen MR) is 127 cm³/mol. The second-order valence-electron chi connectivity index (χ2n) is 8.72. The molecule has 148 valence electrons. The minimum Gasteiger partial charge on any atom is -0.309 e. The van der Waals surface area contributed by atoms with Crippen molar-refractivity contribution in [2.24, 2.45) is 5.41 Å². The maximum Gasteiger partial charge on any atom is 0.0704 e. The molecule has 2 aromatic heterocycles. The van der Waals surface area contributed by atoms with Crippen LogP contribution in [-0.4, -0.2) is 9.55 Å². The van der Waals surface area contributed by atoms with Gasteiger partial charge < -0.3 is 4.57 Å². The molecule has 5 rings (SSSR count). The van der Waals surface area contributed by atoms with Crippen molar-refractivity contribution in [1.29, 1.82) is 0 Å². The number of rotatable bonds is 3. The number of para-hydroxylation sites is 2. The third kappa shape index (κ3) is 3.39. The Morgan fingerprint density at radius 2 is 1.53 bits per heavy atom. The summed E-state index contributed by atoms with van der Waals surface area (Å²) in [7, 11) is 0. The van der Waals surface area contributed by atoms with E-state index in [-0.39, 0.29) is 0 Å². The molecule has 0 aliphatic rings. The van der Waals surface area contributed by atoms with Crippen LogP contribution in [0.25, 0.3) is 38.8 Å². The van der Waals surface area contributed by atoms with Crippen molar-refractivity contribution in [3.05, 3.63) is 96.7 Å². The van der Waals surface area contributed by atoms with Crippen LogP contribution in [-0.2, 0) is 6.37 Å². The smallest absolute Gasteiger partial charge is 0.0704 e. The summed E-state index contributed by atoms with van der Waals surface area (Å²) < 4.78 is 19.6. The molecule has 2 heterocycles. The van der Waals surface area contributed by atoms with Crippen LogP contribution in [0.5, 0.6) is 0 Å². The Balaban J connectivity index is 1.71. The quantitative estimate of drug-likeness (QED) is 0.312. The molecule has 3 aromatic carbocycles. The first kappa shape index (κ1) is 16.4. The highest BCUT2D eigenvalue weighted by Gasteiger charge is 2.15. The molecule has 0 radical (unpaired) electrons. The molecule has 2 nitrogen and oxygen atoms in total. The van der Waals surface area contributed by atoms with Crippen LogP contribution in [0.2, 0.25) is 0 Å². The van der Waals surface area contributed by atoms with Crippen LogP contribution in [0, 0.1) is 5.41 Å². The van der Waals surface area contributed by atoms with E-state index in [2.05, 4.69) is 76.3 Å². The highest BCUT2D eigenvalue weighted by Crippen LogP contribution is 2.34. The van der Waals surface area contributed by atoms with E-state index in [0.29, 0.717) is 5.56 Å². The van der Waals surface area contributed by atoms with Gasteiger partial charge in [-0.1, -0.05) is 63.2 Å². The molecule has 0 amide bonds. The molecule has 0 fully saturated rings. The molecule has 5 aromatic rings. The first-order chi connectivity index (χ1) is 15.3. The van der Waals surface area contributed by atoms with Crippen molar-refractivity contribution in [3.63, 3.8) is 0 Å². The van der Waals surface area contributed by atoms with Crippen molar-refractivity contribution in [3.8, 4) is 16.9 Å². The Labute approximate surface area is 180 Å². The summed E-state index contributed by atoms with van der Waals surface area (Å²) in [4.78, 5) is 4.58. The maximum atomic E-state index is 8.65. The van der Waals surface area contributed by atoms with Crippen LogP contribution < -0.4 is 0 Å². The van der Waals surface area contributed by atoms with E-state index in [1.165, 1.54) is 5.39 Å². The number of benzene rings is 3. The standard InChI is InChI=1S/C28H26N2/c1-28(2,3)19-20-15-16-29-25(17-20)21-13-14-27-24(18-21)23-11-7-8-12-26(23)30(27)22-9-5-4-6-10-22/h4-18H,19H2,1-3H3/i19D2. The first-order valence-corrected chi connectivity index (χ1v) is 10.3. The van der Waals surface area contributed by atoms with Crippen molar-refractivity contribution in [2.45, 2.75) is 27.1 Å². The van der Waals surface area contributed by atoms with Gasteiger partial charge in [0.15, 0.2) is 0 Å². The third-order valence-corrected chi connectivity index (χ3v) is 5.26. The summed E-state index contributed by atoms with van der Waals surface area (Å²) in [5, 5.41) is 2.35. The fourth-order valence-corrected chi connectivity index (χ4v) is 4.09. The largest absolute Gasteiger partial charge is 0.309 e. The average Bonchev–Trinajstić information content (AvgIpc) is 3.13. The number of hydrogen-bond donors (Lipinski definition) is 0. The fourth-order valence-electron chi connectivity index (χ4n) is 4.09. The van der Waals surface area contributed by atoms with Crippen LogP contribution in [0.1, 0.15) is 29.1 Å². The van der Waals surface area contributed by atoms with Crippen LogP contribution in [0.15, 0.2) is 91.1 Å². The lowest BCUT2D eigenvalue weighted by Gasteiger charge is -2.18. The number of hydrogen-bond acceptors (Lipinski definition) is 1. The molecule has 0 saturated heterocycles. The zero-order valence-corrected chi connectivity index (χ0v) is 17.6. The van der Waals surface area contributed by atoms with Gasteiger partial charge in [-0.25, -0.2) is 0 Å². The molecule has 2 heteroatoms. The Bertz CT molecular complexity index is 1430. The molecule has 0 spiro atoms. The Kier molecular flexibility index (Phi) is 3.91. The molecule has 0 unspecified atom stereocenters. The van der Waals surface area contributed by atoms with Gasteiger partial charge in [-0.3, -0.25) is 4.98 Å². The monoisotopic (exact) mass is 392 g/mol.